The van der Waals surface area contributed by atoms with Crippen LogP contribution < -0.4 is 4.74 Å². The van der Waals surface area contributed by atoms with Crippen LogP contribution in [0.3, 0.4) is 0 Å². The Balaban J connectivity index is 1.88. The van der Waals surface area contributed by atoms with Crippen LogP contribution in [0.15, 0.2) is 76.7 Å². The van der Waals surface area contributed by atoms with Crippen LogP contribution in [0.25, 0.3) is 10.9 Å². The summed E-state index contributed by atoms with van der Waals surface area (Å²) in [5, 5.41) is 8.84. The number of hydrogen-bond acceptors (Lipinski definition) is 4. The third-order valence-electron chi connectivity index (χ3n) is 5.29. The number of aromatic nitrogens is 1. The molecule has 3 aromatic carbocycles. The van der Waals surface area contributed by atoms with Gasteiger partial charge in [0, 0.05) is 17.1 Å². The van der Waals surface area contributed by atoms with Crippen LogP contribution in [0.4, 0.5) is 26.3 Å². The summed E-state index contributed by atoms with van der Waals surface area (Å²) in [7, 11) is -4.09. The number of sulfone groups is 1. The Bertz CT molecular complexity index is 1560. The maximum Gasteiger partial charge on any atom is 0.420 e. The predicted octanol–water partition coefficient (Wildman–Crippen LogP) is 6.46. The van der Waals surface area contributed by atoms with Gasteiger partial charge in [0.2, 0.25) is 9.84 Å². The van der Waals surface area contributed by atoms with Gasteiger partial charge < -0.3 is 14.8 Å². The van der Waals surface area contributed by atoms with Gasteiger partial charge in [-0.15, -0.1) is 0 Å². The maximum absolute atomic E-state index is 13.8. The molecule has 0 aliphatic carbocycles. The van der Waals surface area contributed by atoms with E-state index in [-0.39, 0.29) is 32.8 Å². The van der Waals surface area contributed by atoms with Gasteiger partial charge in [-0.25, -0.2) is 8.42 Å². The lowest BCUT2D eigenvalue weighted by Gasteiger charge is -2.20. The Morgan fingerprint density at radius 1 is 0.892 bits per heavy atom. The van der Waals surface area contributed by atoms with E-state index in [1.165, 1.54) is 30.3 Å². The van der Waals surface area contributed by atoms with Crippen molar-refractivity contribution in [1.29, 1.82) is 0 Å². The number of benzene rings is 3. The number of alkyl halides is 6. The highest BCUT2D eigenvalue weighted by Crippen LogP contribution is 2.47. The minimum Gasteiger partial charge on any atom is -0.481 e. The first kappa shape index (κ1) is 26.1. The summed E-state index contributed by atoms with van der Waals surface area (Å²) in [4.78, 5) is 13.3. The summed E-state index contributed by atoms with van der Waals surface area (Å²) in [6.45, 7) is 0. The Kier molecular flexibility index (Phi) is 6.44. The molecule has 0 spiro atoms. The van der Waals surface area contributed by atoms with Crippen molar-refractivity contribution in [2.75, 3.05) is 0 Å². The molecule has 0 radical (unpaired) electrons. The number of hydrogen-bond donors (Lipinski definition) is 2. The van der Waals surface area contributed by atoms with E-state index in [0.717, 1.165) is 18.3 Å². The standard InChI is InChI=1S/C24H15F6NO5S/c25-23(26,27)17-8-13(10-21(32)33)9-18(24(28,29)30)22(17)36-14-6-7-19-16(11-14)20(12-31-19)37(34,35)15-4-2-1-3-5-15/h1-9,11-12,31H,10H2,(H,32,33). The maximum atomic E-state index is 13.8. The summed E-state index contributed by atoms with van der Waals surface area (Å²) < 4.78 is 114. The molecule has 0 saturated heterocycles. The Labute approximate surface area is 205 Å². The first-order valence-electron chi connectivity index (χ1n) is 10.3. The van der Waals surface area contributed by atoms with Crippen LogP contribution in [-0.4, -0.2) is 24.5 Å². The summed E-state index contributed by atoms with van der Waals surface area (Å²) in [6, 6.07) is 11.1. The van der Waals surface area contributed by atoms with Crippen molar-refractivity contribution in [2.24, 2.45) is 0 Å². The van der Waals surface area contributed by atoms with E-state index < -0.39 is 62.8 Å². The average molecular weight is 543 g/mol. The minimum atomic E-state index is -5.33. The van der Waals surface area contributed by atoms with Gasteiger partial charge in [0.25, 0.3) is 0 Å². The van der Waals surface area contributed by atoms with Crippen LogP contribution in [0, 0.1) is 0 Å². The summed E-state index contributed by atoms with van der Waals surface area (Å²) in [5.41, 5.74) is -4.14. The molecule has 0 unspecified atom stereocenters. The van der Waals surface area contributed by atoms with Crippen LogP contribution >= 0.6 is 0 Å². The first-order valence-corrected chi connectivity index (χ1v) is 11.8. The molecule has 13 heteroatoms. The van der Waals surface area contributed by atoms with E-state index in [9.17, 15) is 39.6 Å². The van der Waals surface area contributed by atoms with Crippen LogP contribution in [0.2, 0.25) is 0 Å². The number of aliphatic carboxylic acids is 1. The summed E-state index contributed by atoms with van der Waals surface area (Å²) >= 11 is 0. The quantitative estimate of drug-likeness (QED) is 0.272. The predicted molar refractivity (Wildman–Crippen MR) is 118 cm³/mol. The Morgan fingerprint density at radius 2 is 1.49 bits per heavy atom. The Morgan fingerprint density at radius 3 is 2.03 bits per heavy atom. The SMILES string of the molecule is O=C(O)Cc1cc(C(F)(F)F)c(Oc2ccc3[nH]cc(S(=O)(=O)c4ccccc4)c3c2)c(C(F)(F)F)c1. The summed E-state index contributed by atoms with van der Waals surface area (Å²) in [6.07, 6.45) is -10.6. The molecule has 37 heavy (non-hydrogen) atoms. The fourth-order valence-corrected chi connectivity index (χ4v) is 5.14. The van der Waals surface area contributed by atoms with E-state index in [1.807, 2.05) is 0 Å². The second kappa shape index (κ2) is 9.14. The number of H-pyrrole nitrogens is 1. The van der Waals surface area contributed by atoms with Gasteiger partial charge in [-0.05, 0) is 48.0 Å². The number of halogens is 6. The number of fused-ring (bicyclic) bond motifs is 1. The van der Waals surface area contributed by atoms with Crippen molar-refractivity contribution in [3.05, 3.63) is 83.6 Å². The third-order valence-corrected chi connectivity index (χ3v) is 7.10. The smallest absolute Gasteiger partial charge is 0.420 e. The molecule has 0 atom stereocenters. The van der Waals surface area contributed by atoms with Crippen molar-refractivity contribution in [3.63, 3.8) is 0 Å². The van der Waals surface area contributed by atoms with Gasteiger partial charge in [0.05, 0.1) is 27.3 Å². The molecule has 0 fully saturated rings. The Hall–Kier alpha value is -4.00. The molecule has 194 valence electrons. The zero-order valence-corrected chi connectivity index (χ0v) is 19.1. The third kappa shape index (κ3) is 5.26. The fraction of sp³-hybridized carbons (Fsp3) is 0.125. The molecule has 0 bridgehead atoms. The van der Waals surface area contributed by atoms with Crippen molar-refractivity contribution in [3.8, 4) is 11.5 Å². The number of carboxylic acids is 1. The molecular formula is C24H15F6NO5S. The zero-order chi connectivity index (χ0) is 27.2. The lowest BCUT2D eigenvalue weighted by Crippen LogP contribution is -2.16. The number of ether oxygens (including phenoxy) is 1. The van der Waals surface area contributed by atoms with Gasteiger partial charge in [-0.1, -0.05) is 18.2 Å². The molecule has 4 aromatic rings. The largest absolute Gasteiger partial charge is 0.481 e. The monoisotopic (exact) mass is 543 g/mol. The van der Waals surface area contributed by atoms with Crippen LogP contribution in [0.1, 0.15) is 16.7 Å². The van der Waals surface area contributed by atoms with Crippen LogP contribution in [0.5, 0.6) is 11.5 Å². The molecule has 0 aliphatic heterocycles. The number of carbonyl (C=O) groups is 1. The highest BCUT2D eigenvalue weighted by Gasteiger charge is 2.43. The van der Waals surface area contributed by atoms with Crippen molar-refractivity contribution < 1.29 is 49.4 Å². The number of nitrogens with one attached hydrogen (secondary N) is 1. The molecule has 0 amide bonds. The van der Waals surface area contributed by atoms with Crippen LogP contribution in [-0.2, 0) is 33.4 Å². The van der Waals surface area contributed by atoms with E-state index in [1.54, 1.807) is 6.07 Å². The molecule has 2 N–H and O–H groups in total. The topological polar surface area (TPSA) is 96.5 Å². The van der Waals surface area contributed by atoms with Gasteiger partial charge in [-0.3, -0.25) is 4.79 Å². The number of aromatic amines is 1. The first-order chi connectivity index (χ1) is 17.2. The lowest BCUT2D eigenvalue weighted by molar-refractivity contribution is -0.145. The molecule has 4 rings (SSSR count). The zero-order valence-electron chi connectivity index (χ0n) is 18.3. The second-order valence-corrected chi connectivity index (χ2v) is 9.78. The minimum absolute atomic E-state index is 0.0223. The normalized spacial score (nSPS) is 12.6. The number of carboxylic acid groups (broad SMARTS) is 1. The van der Waals surface area contributed by atoms with Gasteiger partial charge in [0.15, 0.2) is 5.75 Å². The molecule has 1 heterocycles. The van der Waals surface area contributed by atoms with Gasteiger partial charge in [-0.2, -0.15) is 26.3 Å². The lowest BCUT2D eigenvalue weighted by atomic mass is 10.0. The number of rotatable bonds is 6. The summed E-state index contributed by atoms with van der Waals surface area (Å²) in [5.74, 6) is -3.71. The molecule has 6 nitrogen and oxygen atoms in total. The fourth-order valence-electron chi connectivity index (χ4n) is 3.70. The van der Waals surface area contributed by atoms with E-state index >= 15 is 0 Å². The second-order valence-electron chi connectivity index (χ2n) is 7.86. The van der Waals surface area contributed by atoms with E-state index in [2.05, 4.69) is 4.98 Å². The molecular weight excluding hydrogens is 528 g/mol. The van der Waals surface area contributed by atoms with E-state index in [4.69, 9.17) is 9.84 Å². The molecule has 0 aliphatic rings. The van der Waals surface area contributed by atoms with E-state index in [0.29, 0.717) is 0 Å². The average Bonchev–Trinajstić information content (AvgIpc) is 3.23. The van der Waals surface area contributed by atoms with Gasteiger partial charge >= 0.3 is 18.3 Å². The highest BCUT2D eigenvalue weighted by molar-refractivity contribution is 7.91. The van der Waals surface area contributed by atoms with Gasteiger partial charge in [0.1, 0.15) is 5.75 Å². The van der Waals surface area contributed by atoms with Crippen molar-refractivity contribution >= 4 is 26.7 Å². The molecule has 1 aromatic heterocycles. The van der Waals surface area contributed by atoms with Crippen molar-refractivity contribution in [1.82, 2.24) is 4.98 Å². The van der Waals surface area contributed by atoms with Crippen molar-refractivity contribution in [2.45, 2.75) is 28.6 Å². The molecule has 0 saturated carbocycles. The highest BCUT2D eigenvalue weighted by atomic mass is 32.2.